The van der Waals surface area contributed by atoms with Crippen molar-refractivity contribution in [2.45, 2.75) is 33.1 Å². The number of fused-ring (bicyclic) bond motifs is 1. The van der Waals surface area contributed by atoms with Crippen molar-refractivity contribution in [1.82, 2.24) is 9.78 Å². The summed E-state index contributed by atoms with van der Waals surface area (Å²) in [5, 5.41) is 8.06. The third-order valence-corrected chi connectivity index (χ3v) is 5.37. The summed E-state index contributed by atoms with van der Waals surface area (Å²) in [6, 6.07) is 13.0. The summed E-state index contributed by atoms with van der Waals surface area (Å²) in [5.74, 6) is -0.262. The average Bonchev–Trinajstić information content (AvgIpc) is 2.99. The number of hydrogen-bond acceptors (Lipinski definition) is 3. The molecule has 1 amide bonds. The van der Waals surface area contributed by atoms with Crippen LogP contribution in [0.2, 0.25) is 5.02 Å². The quantitative estimate of drug-likeness (QED) is 0.652. The van der Waals surface area contributed by atoms with Gasteiger partial charge in [0.25, 0.3) is 0 Å². The minimum Gasteiger partial charge on any atom is -0.310 e. The number of nitrogens with one attached hydrogen (secondary N) is 1. The van der Waals surface area contributed by atoms with Gasteiger partial charge in [-0.1, -0.05) is 35.4 Å². The number of aryl methyl sites for hydroxylation is 3. The third-order valence-electron chi connectivity index (χ3n) is 5.13. The number of benzene rings is 2. The van der Waals surface area contributed by atoms with Crippen molar-refractivity contribution in [3.05, 3.63) is 75.4 Å². The molecule has 3 aromatic rings. The second-order valence-corrected chi connectivity index (χ2v) is 7.66. The van der Waals surface area contributed by atoms with E-state index in [2.05, 4.69) is 10.4 Å². The number of halogens is 1. The van der Waals surface area contributed by atoms with Gasteiger partial charge in [-0.05, 0) is 50.6 Å². The first kappa shape index (κ1) is 18.4. The summed E-state index contributed by atoms with van der Waals surface area (Å²) in [4.78, 5) is 25.8. The van der Waals surface area contributed by atoms with E-state index in [0.717, 1.165) is 28.1 Å². The van der Waals surface area contributed by atoms with Crippen LogP contribution in [-0.2, 0) is 4.79 Å². The van der Waals surface area contributed by atoms with Crippen LogP contribution in [0, 0.1) is 20.8 Å². The normalized spacial score (nSPS) is 15.9. The molecule has 1 aliphatic heterocycles. The first-order valence-corrected chi connectivity index (χ1v) is 9.49. The summed E-state index contributed by atoms with van der Waals surface area (Å²) < 4.78 is 1.65. The highest BCUT2D eigenvalue weighted by atomic mass is 35.5. The Labute approximate surface area is 168 Å². The number of carbonyl (C=O) groups excluding carboxylic acids is 2. The molecule has 4 rings (SSSR count). The van der Waals surface area contributed by atoms with Gasteiger partial charge in [-0.3, -0.25) is 9.59 Å². The zero-order chi connectivity index (χ0) is 20.0. The number of hydrogen-bond donors (Lipinski definition) is 1. The van der Waals surface area contributed by atoms with E-state index in [1.165, 1.54) is 0 Å². The second kappa shape index (κ2) is 6.91. The van der Waals surface area contributed by atoms with Gasteiger partial charge < -0.3 is 5.32 Å². The van der Waals surface area contributed by atoms with Crippen molar-refractivity contribution in [2.24, 2.45) is 0 Å². The average molecular weight is 394 g/mol. The zero-order valence-electron chi connectivity index (χ0n) is 15.9. The van der Waals surface area contributed by atoms with E-state index in [-0.39, 0.29) is 18.1 Å². The van der Waals surface area contributed by atoms with Crippen LogP contribution in [0.4, 0.5) is 5.82 Å². The highest BCUT2D eigenvalue weighted by molar-refractivity contribution is 6.30. The lowest BCUT2D eigenvalue weighted by atomic mass is 9.84. The smallest absolute Gasteiger partial charge is 0.226 e. The Morgan fingerprint density at radius 1 is 1.18 bits per heavy atom. The second-order valence-electron chi connectivity index (χ2n) is 7.23. The molecule has 2 aromatic carbocycles. The van der Waals surface area contributed by atoms with Gasteiger partial charge in [0.2, 0.25) is 5.91 Å². The molecule has 0 unspecified atom stereocenters. The summed E-state index contributed by atoms with van der Waals surface area (Å²) in [5.41, 5.74) is 4.80. The topological polar surface area (TPSA) is 64.0 Å². The predicted octanol–water partition coefficient (Wildman–Crippen LogP) is 4.76. The van der Waals surface area contributed by atoms with Gasteiger partial charge in [0.15, 0.2) is 5.78 Å². The van der Waals surface area contributed by atoms with E-state index >= 15 is 0 Å². The van der Waals surface area contributed by atoms with Crippen molar-refractivity contribution < 1.29 is 9.59 Å². The Hall–Kier alpha value is -2.92. The number of anilines is 1. The van der Waals surface area contributed by atoms with Crippen LogP contribution in [0.1, 0.15) is 45.1 Å². The fourth-order valence-corrected chi connectivity index (χ4v) is 3.94. The number of amides is 1. The van der Waals surface area contributed by atoms with Crippen LogP contribution >= 0.6 is 11.6 Å². The van der Waals surface area contributed by atoms with E-state index in [1.54, 1.807) is 16.8 Å². The third kappa shape index (κ3) is 3.12. The number of carbonyl (C=O) groups is 2. The summed E-state index contributed by atoms with van der Waals surface area (Å²) in [7, 11) is 0. The molecule has 0 saturated heterocycles. The first-order chi connectivity index (χ1) is 13.3. The van der Waals surface area contributed by atoms with Gasteiger partial charge in [0.05, 0.1) is 17.3 Å². The van der Waals surface area contributed by atoms with E-state index in [4.69, 9.17) is 11.6 Å². The van der Waals surface area contributed by atoms with E-state index < -0.39 is 5.92 Å². The van der Waals surface area contributed by atoms with Crippen LogP contribution in [0.25, 0.3) is 5.69 Å². The van der Waals surface area contributed by atoms with Crippen molar-refractivity contribution >= 4 is 29.1 Å². The molecule has 0 aliphatic carbocycles. The predicted molar refractivity (Wildman–Crippen MR) is 110 cm³/mol. The Morgan fingerprint density at radius 2 is 1.96 bits per heavy atom. The van der Waals surface area contributed by atoms with Gasteiger partial charge in [0.1, 0.15) is 5.82 Å². The summed E-state index contributed by atoms with van der Waals surface area (Å²) in [6.45, 7) is 5.73. The van der Waals surface area contributed by atoms with Crippen molar-refractivity contribution in [3.8, 4) is 5.69 Å². The minimum absolute atomic E-state index is 0.0500. The molecule has 2 heterocycles. The first-order valence-electron chi connectivity index (χ1n) is 9.12. The molecule has 1 N–H and O–H groups in total. The fraction of sp³-hybridized carbons (Fsp3) is 0.227. The maximum absolute atomic E-state index is 13.4. The number of ketones is 1. The lowest BCUT2D eigenvalue weighted by Crippen LogP contribution is -2.28. The van der Waals surface area contributed by atoms with Crippen LogP contribution in [-0.4, -0.2) is 21.5 Å². The van der Waals surface area contributed by atoms with Crippen LogP contribution < -0.4 is 5.32 Å². The zero-order valence-corrected chi connectivity index (χ0v) is 16.7. The van der Waals surface area contributed by atoms with Crippen molar-refractivity contribution in [3.63, 3.8) is 0 Å². The van der Waals surface area contributed by atoms with Crippen molar-refractivity contribution in [2.75, 3.05) is 5.32 Å². The molecule has 1 aromatic heterocycles. The molecule has 0 bridgehead atoms. The molecular weight excluding hydrogens is 374 g/mol. The molecule has 0 radical (unpaired) electrons. The van der Waals surface area contributed by atoms with Crippen molar-refractivity contribution in [1.29, 1.82) is 0 Å². The molecule has 0 saturated carbocycles. The lowest BCUT2D eigenvalue weighted by Gasteiger charge is -2.24. The Morgan fingerprint density at radius 3 is 2.71 bits per heavy atom. The SMILES string of the molecule is Cc1ccc(C)c(C(=O)[C@@H]2CC(=O)Nc3c2c(C)nn3-c2cccc(Cl)c2)c1. The van der Waals surface area contributed by atoms with E-state index in [1.807, 2.05) is 51.1 Å². The molecule has 0 fully saturated rings. The molecular formula is C22H20ClN3O2. The van der Waals surface area contributed by atoms with Gasteiger partial charge in [-0.2, -0.15) is 5.10 Å². The highest BCUT2D eigenvalue weighted by Crippen LogP contribution is 2.38. The molecule has 142 valence electrons. The highest BCUT2D eigenvalue weighted by Gasteiger charge is 2.36. The van der Waals surface area contributed by atoms with Crippen LogP contribution in [0.3, 0.4) is 0 Å². The van der Waals surface area contributed by atoms with E-state index in [0.29, 0.717) is 16.4 Å². The lowest BCUT2D eigenvalue weighted by molar-refractivity contribution is -0.116. The maximum atomic E-state index is 13.4. The maximum Gasteiger partial charge on any atom is 0.226 e. The van der Waals surface area contributed by atoms with Gasteiger partial charge >= 0.3 is 0 Å². The van der Waals surface area contributed by atoms with Crippen LogP contribution in [0.15, 0.2) is 42.5 Å². The fourth-order valence-electron chi connectivity index (χ4n) is 3.75. The van der Waals surface area contributed by atoms with E-state index in [9.17, 15) is 9.59 Å². The molecule has 28 heavy (non-hydrogen) atoms. The molecule has 6 heteroatoms. The monoisotopic (exact) mass is 393 g/mol. The number of nitrogens with zero attached hydrogens (tertiary/aromatic N) is 2. The largest absolute Gasteiger partial charge is 0.310 e. The Bertz CT molecular complexity index is 1120. The van der Waals surface area contributed by atoms with Gasteiger partial charge in [-0.15, -0.1) is 0 Å². The summed E-state index contributed by atoms with van der Waals surface area (Å²) in [6.07, 6.45) is 0.112. The van der Waals surface area contributed by atoms with Gasteiger partial charge in [0, 0.05) is 22.6 Å². The Balaban J connectivity index is 1.85. The van der Waals surface area contributed by atoms with Crippen LogP contribution in [0.5, 0.6) is 0 Å². The summed E-state index contributed by atoms with van der Waals surface area (Å²) >= 11 is 6.12. The number of rotatable bonds is 3. The molecule has 1 aliphatic rings. The standard InChI is InChI=1S/C22H20ClN3O2/c1-12-7-8-13(2)17(9-12)21(28)18-11-19(27)24-22-20(18)14(3)25-26(22)16-6-4-5-15(23)10-16/h4-10,18H,11H2,1-3H3,(H,24,27)/t18-/m1/s1. The number of Topliss-reactive ketones (excluding diaryl/α,β-unsaturated/α-hetero) is 1. The van der Waals surface area contributed by atoms with Gasteiger partial charge in [-0.25, -0.2) is 4.68 Å². The molecule has 5 nitrogen and oxygen atoms in total. The Kier molecular flexibility index (Phi) is 4.55. The number of aromatic nitrogens is 2. The molecule has 1 atom stereocenters. The molecule has 0 spiro atoms. The minimum atomic E-state index is -0.558.